The van der Waals surface area contributed by atoms with Crippen LogP contribution in [0, 0.1) is 6.92 Å². The highest BCUT2D eigenvalue weighted by Gasteiger charge is 2.20. The van der Waals surface area contributed by atoms with Crippen molar-refractivity contribution in [1.82, 2.24) is 0 Å². The molecule has 0 radical (unpaired) electrons. The zero-order valence-electron chi connectivity index (χ0n) is 6.65. The summed E-state index contributed by atoms with van der Waals surface area (Å²) in [5, 5.41) is 3.08. The summed E-state index contributed by atoms with van der Waals surface area (Å²) in [6.45, 7) is 2.43. The Hall–Kier alpha value is -0.830. The average Bonchev–Trinajstić information content (AvgIpc) is 2.41. The fraction of sp³-hybridized carbons (Fsp3) is 0.222. The van der Waals surface area contributed by atoms with Gasteiger partial charge in [-0.2, -0.15) is 0 Å². The SMILES string of the molecule is Cc1c(Br)ccc2c1NCC2=O. The second-order valence-electron chi connectivity index (χ2n) is 2.87. The first-order valence-corrected chi connectivity index (χ1v) is 4.55. The van der Waals surface area contributed by atoms with E-state index >= 15 is 0 Å². The van der Waals surface area contributed by atoms with E-state index in [1.54, 1.807) is 0 Å². The molecule has 0 atom stereocenters. The lowest BCUT2D eigenvalue weighted by atomic mass is 10.1. The maximum Gasteiger partial charge on any atom is 0.183 e. The molecular weight excluding hydrogens is 218 g/mol. The molecule has 1 N–H and O–H groups in total. The molecule has 0 saturated heterocycles. The van der Waals surface area contributed by atoms with E-state index in [9.17, 15) is 4.79 Å². The molecule has 0 unspecified atom stereocenters. The smallest absolute Gasteiger partial charge is 0.183 e. The Morgan fingerprint density at radius 2 is 2.25 bits per heavy atom. The maximum atomic E-state index is 11.3. The van der Waals surface area contributed by atoms with Crippen LogP contribution in [0.15, 0.2) is 16.6 Å². The number of hydrogen-bond donors (Lipinski definition) is 1. The average molecular weight is 226 g/mol. The van der Waals surface area contributed by atoms with Gasteiger partial charge in [-0.1, -0.05) is 15.9 Å². The van der Waals surface area contributed by atoms with Crippen molar-refractivity contribution < 1.29 is 4.79 Å². The first-order valence-electron chi connectivity index (χ1n) is 3.76. The number of anilines is 1. The third-order valence-corrected chi connectivity index (χ3v) is 2.98. The number of rotatable bonds is 0. The Morgan fingerprint density at radius 3 is 3.00 bits per heavy atom. The van der Waals surface area contributed by atoms with Gasteiger partial charge < -0.3 is 5.32 Å². The number of ketones is 1. The van der Waals surface area contributed by atoms with Crippen LogP contribution in [-0.2, 0) is 0 Å². The molecule has 1 aliphatic rings. The van der Waals surface area contributed by atoms with Gasteiger partial charge >= 0.3 is 0 Å². The van der Waals surface area contributed by atoms with Crippen LogP contribution in [0.4, 0.5) is 5.69 Å². The van der Waals surface area contributed by atoms with Crippen LogP contribution >= 0.6 is 15.9 Å². The molecule has 1 aromatic carbocycles. The Kier molecular flexibility index (Phi) is 1.68. The molecule has 1 aromatic rings. The zero-order chi connectivity index (χ0) is 8.72. The number of Topliss-reactive ketones (excluding diaryl/α,β-unsaturated/α-hetero) is 1. The largest absolute Gasteiger partial charge is 0.377 e. The van der Waals surface area contributed by atoms with Gasteiger partial charge in [0.15, 0.2) is 5.78 Å². The summed E-state index contributed by atoms with van der Waals surface area (Å²) in [6.07, 6.45) is 0. The molecule has 0 spiro atoms. The fourth-order valence-corrected chi connectivity index (χ4v) is 1.74. The summed E-state index contributed by atoms with van der Waals surface area (Å²) < 4.78 is 1.04. The van der Waals surface area contributed by atoms with E-state index in [1.807, 2.05) is 19.1 Å². The van der Waals surface area contributed by atoms with Crippen LogP contribution in [0.2, 0.25) is 0 Å². The first-order chi connectivity index (χ1) is 5.70. The fourth-order valence-electron chi connectivity index (χ4n) is 1.41. The standard InChI is InChI=1S/C9H8BrNO/c1-5-7(10)3-2-6-8(12)4-11-9(5)6/h2-3,11H,4H2,1H3. The normalized spacial score (nSPS) is 14.3. The van der Waals surface area contributed by atoms with E-state index in [4.69, 9.17) is 0 Å². The summed E-state index contributed by atoms with van der Waals surface area (Å²) in [5.41, 5.74) is 2.91. The van der Waals surface area contributed by atoms with Crippen LogP contribution in [0.3, 0.4) is 0 Å². The minimum atomic E-state index is 0.181. The number of carbonyl (C=O) groups excluding carboxylic acids is 1. The lowest BCUT2D eigenvalue weighted by Gasteiger charge is -2.04. The minimum absolute atomic E-state index is 0.181. The summed E-state index contributed by atoms with van der Waals surface area (Å²) in [6, 6.07) is 3.77. The predicted molar refractivity (Wildman–Crippen MR) is 51.7 cm³/mol. The summed E-state index contributed by atoms with van der Waals surface area (Å²) in [4.78, 5) is 11.3. The van der Waals surface area contributed by atoms with Crippen molar-refractivity contribution >= 4 is 27.4 Å². The molecule has 3 heteroatoms. The number of carbonyl (C=O) groups is 1. The van der Waals surface area contributed by atoms with Crippen molar-refractivity contribution in [1.29, 1.82) is 0 Å². The van der Waals surface area contributed by atoms with Crippen LogP contribution in [-0.4, -0.2) is 12.3 Å². The Balaban J connectivity index is 2.68. The number of benzene rings is 1. The molecule has 0 aliphatic carbocycles. The number of hydrogen-bond acceptors (Lipinski definition) is 2. The quantitative estimate of drug-likeness (QED) is 0.735. The Morgan fingerprint density at radius 1 is 1.50 bits per heavy atom. The Bertz CT molecular complexity index is 360. The lowest BCUT2D eigenvalue weighted by Crippen LogP contribution is -2.00. The molecule has 2 rings (SSSR count). The van der Waals surface area contributed by atoms with Crippen molar-refractivity contribution in [3.05, 3.63) is 27.7 Å². The molecular formula is C9H8BrNO. The van der Waals surface area contributed by atoms with E-state index in [-0.39, 0.29) is 5.78 Å². The van der Waals surface area contributed by atoms with Gasteiger partial charge in [0.05, 0.1) is 6.54 Å². The third-order valence-electron chi connectivity index (χ3n) is 2.13. The minimum Gasteiger partial charge on any atom is -0.377 e. The molecule has 62 valence electrons. The molecule has 12 heavy (non-hydrogen) atoms. The van der Waals surface area contributed by atoms with Crippen molar-refractivity contribution in [3.63, 3.8) is 0 Å². The van der Waals surface area contributed by atoms with E-state index in [0.717, 1.165) is 21.3 Å². The van der Waals surface area contributed by atoms with Crippen LogP contribution in [0.1, 0.15) is 15.9 Å². The molecule has 2 nitrogen and oxygen atoms in total. The topological polar surface area (TPSA) is 29.1 Å². The molecule has 1 heterocycles. The van der Waals surface area contributed by atoms with Crippen LogP contribution in [0.5, 0.6) is 0 Å². The van der Waals surface area contributed by atoms with Crippen molar-refractivity contribution in [2.75, 3.05) is 11.9 Å². The lowest BCUT2D eigenvalue weighted by molar-refractivity contribution is 0.101. The maximum absolute atomic E-state index is 11.3. The van der Waals surface area contributed by atoms with E-state index < -0.39 is 0 Å². The van der Waals surface area contributed by atoms with E-state index in [0.29, 0.717) is 6.54 Å². The first kappa shape index (κ1) is 7.80. The van der Waals surface area contributed by atoms with Gasteiger partial charge in [0.1, 0.15) is 0 Å². The molecule has 1 aliphatic heterocycles. The highest BCUT2D eigenvalue weighted by Crippen LogP contribution is 2.31. The second-order valence-corrected chi connectivity index (χ2v) is 3.73. The predicted octanol–water partition coefficient (Wildman–Crippen LogP) is 2.37. The van der Waals surface area contributed by atoms with Gasteiger partial charge in [-0.05, 0) is 24.6 Å². The molecule has 0 fully saturated rings. The van der Waals surface area contributed by atoms with Crippen LogP contribution < -0.4 is 5.32 Å². The summed E-state index contributed by atoms with van der Waals surface area (Å²) in [7, 11) is 0. The Labute approximate surface area is 79.1 Å². The second kappa shape index (κ2) is 2.59. The summed E-state index contributed by atoms with van der Waals surface area (Å²) in [5.74, 6) is 0.181. The van der Waals surface area contributed by atoms with Gasteiger partial charge in [-0.15, -0.1) is 0 Å². The highest BCUT2D eigenvalue weighted by molar-refractivity contribution is 9.10. The van der Waals surface area contributed by atoms with Gasteiger partial charge in [0.25, 0.3) is 0 Å². The molecule has 0 saturated carbocycles. The van der Waals surface area contributed by atoms with E-state index in [1.165, 1.54) is 0 Å². The molecule has 0 bridgehead atoms. The highest BCUT2D eigenvalue weighted by atomic mass is 79.9. The van der Waals surface area contributed by atoms with Crippen LogP contribution in [0.25, 0.3) is 0 Å². The van der Waals surface area contributed by atoms with Gasteiger partial charge in [-0.3, -0.25) is 4.79 Å². The monoisotopic (exact) mass is 225 g/mol. The van der Waals surface area contributed by atoms with Crippen molar-refractivity contribution in [3.8, 4) is 0 Å². The van der Waals surface area contributed by atoms with Gasteiger partial charge in [0.2, 0.25) is 0 Å². The number of fused-ring (bicyclic) bond motifs is 1. The number of nitrogens with one attached hydrogen (secondary N) is 1. The summed E-state index contributed by atoms with van der Waals surface area (Å²) >= 11 is 3.42. The van der Waals surface area contributed by atoms with Crippen molar-refractivity contribution in [2.45, 2.75) is 6.92 Å². The molecule has 0 amide bonds. The van der Waals surface area contributed by atoms with E-state index in [2.05, 4.69) is 21.2 Å². The van der Waals surface area contributed by atoms with Gasteiger partial charge in [-0.25, -0.2) is 0 Å². The van der Waals surface area contributed by atoms with Gasteiger partial charge in [0, 0.05) is 15.7 Å². The van der Waals surface area contributed by atoms with Crippen molar-refractivity contribution in [2.24, 2.45) is 0 Å². The molecule has 0 aromatic heterocycles. The third kappa shape index (κ3) is 0.966. The zero-order valence-corrected chi connectivity index (χ0v) is 8.23. The number of halogens is 1.